The molecular formula is C21H20O3. The number of rotatable bonds is 5. The molecule has 3 nitrogen and oxygen atoms in total. The Bertz CT molecular complexity index is 878. The van der Waals surface area contributed by atoms with Crippen molar-refractivity contribution in [2.45, 2.75) is 19.3 Å². The molecule has 0 spiro atoms. The summed E-state index contributed by atoms with van der Waals surface area (Å²) < 4.78 is 5.41. The van der Waals surface area contributed by atoms with Crippen molar-refractivity contribution in [2.24, 2.45) is 0 Å². The van der Waals surface area contributed by atoms with E-state index in [0.717, 1.165) is 33.2 Å². The summed E-state index contributed by atoms with van der Waals surface area (Å²) in [5, 5.41) is 11.9. The Hall–Kier alpha value is -2.81. The molecule has 0 bridgehead atoms. The Balaban J connectivity index is 2.08. The number of carboxylic acids is 1. The highest BCUT2D eigenvalue weighted by atomic mass is 16.5. The average Bonchev–Trinajstić information content (AvgIpc) is 2.59. The number of aryl methyl sites for hydroxylation is 1. The van der Waals surface area contributed by atoms with Crippen molar-refractivity contribution in [3.05, 3.63) is 77.4 Å². The van der Waals surface area contributed by atoms with E-state index in [1.165, 1.54) is 0 Å². The molecule has 0 heterocycles. The zero-order valence-electron chi connectivity index (χ0n) is 13.8. The van der Waals surface area contributed by atoms with Crippen LogP contribution in [0, 0.1) is 6.92 Å². The number of carboxylic acid groups (broad SMARTS) is 1. The zero-order chi connectivity index (χ0) is 17.1. The van der Waals surface area contributed by atoms with Gasteiger partial charge in [-0.25, -0.2) is 0 Å². The first-order valence-electron chi connectivity index (χ1n) is 7.94. The van der Waals surface area contributed by atoms with E-state index < -0.39 is 11.9 Å². The summed E-state index contributed by atoms with van der Waals surface area (Å²) in [7, 11) is 1.61. The van der Waals surface area contributed by atoms with Gasteiger partial charge in [-0.05, 0) is 41.3 Å². The van der Waals surface area contributed by atoms with Gasteiger partial charge in [0, 0.05) is 0 Å². The minimum Gasteiger partial charge on any atom is -0.496 e. The lowest BCUT2D eigenvalue weighted by atomic mass is 9.88. The predicted molar refractivity (Wildman–Crippen MR) is 95.8 cm³/mol. The third kappa shape index (κ3) is 3.11. The Kier molecular flexibility index (Phi) is 4.52. The van der Waals surface area contributed by atoms with Gasteiger partial charge in [0.2, 0.25) is 0 Å². The molecule has 3 aromatic rings. The standard InChI is InChI=1S/C21H20O3/c1-14-10-11-20(24-2)16(12-14)13-19(21(22)23)18-9-5-7-15-6-3-4-8-17(15)18/h3-12,19H,13H2,1-2H3,(H,22,23). The molecule has 3 aromatic carbocycles. The Labute approximate surface area is 141 Å². The van der Waals surface area contributed by atoms with Crippen molar-refractivity contribution in [3.8, 4) is 5.75 Å². The number of fused-ring (bicyclic) bond motifs is 1. The van der Waals surface area contributed by atoms with Gasteiger partial charge in [0.1, 0.15) is 5.75 Å². The van der Waals surface area contributed by atoms with Crippen molar-refractivity contribution in [1.82, 2.24) is 0 Å². The highest BCUT2D eigenvalue weighted by molar-refractivity contribution is 5.90. The predicted octanol–water partition coefficient (Wildman–Crippen LogP) is 4.57. The summed E-state index contributed by atoms with van der Waals surface area (Å²) in [6.07, 6.45) is 0.397. The van der Waals surface area contributed by atoms with E-state index >= 15 is 0 Å². The lowest BCUT2D eigenvalue weighted by Gasteiger charge is -2.17. The molecule has 0 aliphatic rings. The fraction of sp³-hybridized carbons (Fsp3) is 0.190. The normalized spacial score (nSPS) is 12.1. The SMILES string of the molecule is COc1ccc(C)cc1CC(C(=O)O)c1cccc2ccccc12. The highest BCUT2D eigenvalue weighted by Crippen LogP contribution is 2.31. The molecule has 3 heteroatoms. The molecule has 1 unspecified atom stereocenters. The van der Waals surface area contributed by atoms with Crippen LogP contribution in [0.2, 0.25) is 0 Å². The second-order valence-electron chi connectivity index (χ2n) is 5.98. The average molecular weight is 320 g/mol. The van der Waals surface area contributed by atoms with Crippen LogP contribution in [0.3, 0.4) is 0 Å². The van der Waals surface area contributed by atoms with Gasteiger partial charge in [0.05, 0.1) is 13.0 Å². The Morgan fingerprint density at radius 3 is 2.58 bits per heavy atom. The molecule has 0 saturated heterocycles. The molecule has 1 N–H and O–H groups in total. The van der Waals surface area contributed by atoms with Crippen LogP contribution in [-0.2, 0) is 11.2 Å². The first-order valence-corrected chi connectivity index (χ1v) is 7.94. The van der Waals surface area contributed by atoms with Crippen LogP contribution >= 0.6 is 0 Å². The number of ether oxygens (including phenoxy) is 1. The number of hydrogen-bond acceptors (Lipinski definition) is 2. The fourth-order valence-electron chi connectivity index (χ4n) is 3.17. The topological polar surface area (TPSA) is 46.5 Å². The molecule has 0 aromatic heterocycles. The Morgan fingerprint density at radius 1 is 1.08 bits per heavy atom. The first-order chi connectivity index (χ1) is 11.6. The molecule has 0 saturated carbocycles. The summed E-state index contributed by atoms with van der Waals surface area (Å²) in [4.78, 5) is 12.0. The number of methoxy groups -OCH3 is 1. The van der Waals surface area contributed by atoms with Crippen LogP contribution in [0.15, 0.2) is 60.7 Å². The minimum atomic E-state index is -0.824. The number of hydrogen-bond donors (Lipinski definition) is 1. The number of aliphatic carboxylic acids is 1. The van der Waals surface area contributed by atoms with Crippen molar-refractivity contribution in [2.75, 3.05) is 7.11 Å². The summed E-state index contributed by atoms with van der Waals surface area (Å²) in [5.41, 5.74) is 2.84. The number of carbonyl (C=O) groups is 1. The number of benzene rings is 3. The van der Waals surface area contributed by atoms with E-state index in [9.17, 15) is 9.90 Å². The second-order valence-corrected chi connectivity index (χ2v) is 5.98. The third-order valence-electron chi connectivity index (χ3n) is 4.36. The lowest BCUT2D eigenvalue weighted by Crippen LogP contribution is -2.15. The smallest absolute Gasteiger partial charge is 0.311 e. The van der Waals surface area contributed by atoms with Crippen LogP contribution in [0.5, 0.6) is 5.75 Å². The monoisotopic (exact) mass is 320 g/mol. The minimum absolute atomic E-state index is 0.397. The van der Waals surface area contributed by atoms with Crippen molar-refractivity contribution >= 4 is 16.7 Å². The highest BCUT2D eigenvalue weighted by Gasteiger charge is 2.23. The maximum atomic E-state index is 12.0. The van der Waals surface area contributed by atoms with Gasteiger partial charge in [-0.15, -0.1) is 0 Å². The van der Waals surface area contributed by atoms with Gasteiger partial charge in [-0.1, -0.05) is 60.2 Å². The van der Waals surface area contributed by atoms with E-state index in [0.29, 0.717) is 6.42 Å². The molecule has 122 valence electrons. The molecule has 3 rings (SSSR count). The maximum absolute atomic E-state index is 12.0. The van der Waals surface area contributed by atoms with Crippen LogP contribution in [-0.4, -0.2) is 18.2 Å². The van der Waals surface area contributed by atoms with E-state index in [2.05, 4.69) is 0 Å². The Morgan fingerprint density at radius 2 is 1.83 bits per heavy atom. The summed E-state index contributed by atoms with van der Waals surface area (Å²) >= 11 is 0. The van der Waals surface area contributed by atoms with Crippen LogP contribution < -0.4 is 4.74 Å². The summed E-state index contributed by atoms with van der Waals surface area (Å²) in [6.45, 7) is 2.00. The van der Waals surface area contributed by atoms with E-state index in [4.69, 9.17) is 4.74 Å². The van der Waals surface area contributed by atoms with Gasteiger partial charge < -0.3 is 9.84 Å². The maximum Gasteiger partial charge on any atom is 0.311 e. The van der Waals surface area contributed by atoms with Gasteiger partial charge in [0.25, 0.3) is 0 Å². The van der Waals surface area contributed by atoms with E-state index in [1.54, 1.807) is 7.11 Å². The van der Waals surface area contributed by atoms with Gasteiger partial charge in [-0.3, -0.25) is 4.79 Å². The third-order valence-corrected chi connectivity index (χ3v) is 4.36. The van der Waals surface area contributed by atoms with Crippen molar-refractivity contribution in [1.29, 1.82) is 0 Å². The zero-order valence-corrected chi connectivity index (χ0v) is 13.8. The first kappa shape index (κ1) is 16.1. The lowest BCUT2D eigenvalue weighted by molar-refractivity contribution is -0.138. The summed E-state index contributed by atoms with van der Waals surface area (Å²) in [5.74, 6) is -0.714. The summed E-state index contributed by atoms with van der Waals surface area (Å²) in [6, 6.07) is 19.6. The molecule has 1 atom stereocenters. The molecule has 0 aliphatic carbocycles. The van der Waals surface area contributed by atoms with E-state index in [-0.39, 0.29) is 0 Å². The molecule has 0 amide bonds. The van der Waals surface area contributed by atoms with E-state index in [1.807, 2.05) is 67.6 Å². The fourth-order valence-corrected chi connectivity index (χ4v) is 3.17. The van der Waals surface area contributed by atoms with Crippen molar-refractivity contribution < 1.29 is 14.6 Å². The largest absolute Gasteiger partial charge is 0.496 e. The van der Waals surface area contributed by atoms with Gasteiger partial charge >= 0.3 is 5.97 Å². The molecule has 24 heavy (non-hydrogen) atoms. The second kappa shape index (κ2) is 6.75. The molecule has 0 aliphatic heterocycles. The molecular weight excluding hydrogens is 300 g/mol. The van der Waals surface area contributed by atoms with Gasteiger partial charge in [0.15, 0.2) is 0 Å². The van der Waals surface area contributed by atoms with Crippen molar-refractivity contribution in [3.63, 3.8) is 0 Å². The van der Waals surface area contributed by atoms with Gasteiger partial charge in [-0.2, -0.15) is 0 Å². The van der Waals surface area contributed by atoms with Crippen LogP contribution in [0.1, 0.15) is 22.6 Å². The van der Waals surface area contributed by atoms with Crippen LogP contribution in [0.25, 0.3) is 10.8 Å². The van der Waals surface area contributed by atoms with Crippen LogP contribution in [0.4, 0.5) is 0 Å². The quantitative estimate of drug-likeness (QED) is 0.749. The molecule has 0 radical (unpaired) electrons. The molecule has 0 fully saturated rings.